The van der Waals surface area contributed by atoms with Crippen molar-refractivity contribution in [2.45, 2.75) is 76.3 Å². The summed E-state index contributed by atoms with van der Waals surface area (Å²) in [6.45, 7) is 8.02. The topological polar surface area (TPSA) is 0 Å². The predicted molar refractivity (Wildman–Crippen MR) is 183 cm³/mol. The third kappa shape index (κ3) is 4.77. The molecule has 4 aromatic rings. The maximum Gasteiger partial charge on any atom is 0.142 e. The van der Waals surface area contributed by atoms with Gasteiger partial charge in [0, 0.05) is 22.3 Å². The zero-order valence-electron chi connectivity index (χ0n) is 26.6. The molecule has 44 heavy (non-hydrogen) atoms. The van der Waals surface area contributed by atoms with E-state index in [0.29, 0.717) is 12.1 Å². The smallest absolute Gasteiger partial charge is 0.142 e. The number of rotatable bonds is 9. The van der Waals surface area contributed by atoms with Crippen LogP contribution in [-0.4, -0.2) is 48.2 Å². The van der Waals surface area contributed by atoms with Crippen molar-refractivity contribution in [2.75, 3.05) is 39.3 Å². The molecule has 0 spiro atoms. The summed E-state index contributed by atoms with van der Waals surface area (Å²) in [4.78, 5) is 0. The van der Waals surface area contributed by atoms with Crippen LogP contribution in [0.15, 0.2) is 97.1 Å². The predicted octanol–water partition coefficient (Wildman–Crippen LogP) is 10.1. The summed E-state index contributed by atoms with van der Waals surface area (Å²) in [5.74, 6) is 0. The normalized spacial score (nSPS) is 20.1. The zero-order valence-corrected chi connectivity index (χ0v) is 26.6. The highest BCUT2D eigenvalue weighted by atomic mass is 15.4. The van der Waals surface area contributed by atoms with Gasteiger partial charge in [-0.25, -0.2) is 0 Å². The molecule has 0 unspecified atom stereocenters. The molecular formula is C42H50N2+2. The lowest BCUT2D eigenvalue weighted by Crippen LogP contribution is -2.54. The number of unbranched alkanes of at least 4 members (excludes halogenated alkanes) is 3. The van der Waals surface area contributed by atoms with E-state index in [4.69, 9.17) is 0 Å². The summed E-state index contributed by atoms with van der Waals surface area (Å²) in [6, 6.07) is 38.3. The largest absolute Gasteiger partial charge is 0.314 e. The maximum atomic E-state index is 2.44. The first-order chi connectivity index (χ1) is 21.8. The highest BCUT2D eigenvalue weighted by Gasteiger charge is 2.46. The molecule has 2 heteroatoms. The molecule has 0 N–H and O–H groups in total. The van der Waals surface area contributed by atoms with E-state index in [0.717, 1.165) is 0 Å². The second kappa shape index (κ2) is 12.0. The number of piperidine rings is 2. The van der Waals surface area contributed by atoms with Crippen molar-refractivity contribution >= 4 is 0 Å². The van der Waals surface area contributed by atoms with Crippen LogP contribution in [-0.2, 0) is 0 Å². The van der Waals surface area contributed by atoms with Crippen LogP contribution in [0, 0.1) is 0 Å². The van der Waals surface area contributed by atoms with Gasteiger partial charge in [0.05, 0.1) is 39.3 Å². The van der Waals surface area contributed by atoms with Gasteiger partial charge in [-0.05, 0) is 86.5 Å². The minimum Gasteiger partial charge on any atom is -0.314 e. The number of nitrogens with zero attached hydrogens (tertiary/aromatic N) is 2. The van der Waals surface area contributed by atoms with Crippen molar-refractivity contribution in [3.05, 3.63) is 119 Å². The Morgan fingerprint density at radius 3 is 0.977 bits per heavy atom. The minimum atomic E-state index is 0.521. The van der Waals surface area contributed by atoms with E-state index < -0.39 is 0 Å². The first kappa shape index (κ1) is 28.3. The molecule has 0 amide bonds. The summed E-state index contributed by atoms with van der Waals surface area (Å²) >= 11 is 0. The molecule has 4 aliphatic rings. The minimum absolute atomic E-state index is 0.521. The van der Waals surface area contributed by atoms with Crippen LogP contribution in [0.3, 0.4) is 0 Å². The molecule has 2 aliphatic heterocycles. The van der Waals surface area contributed by atoms with Gasteiger partial charge in [0.1, 0.15) is 12.1 Å². The molecule has 2 nitrogen and oxygen atoms in total. The molecular weight excluding hydrogens is 532 g/mol. The van der Waals surface area contributed by atoms with Gasteiger partial charge >= 0.3 is 0 Å². The molecule has 2 saturated heterocycles. The van der Waals surface area contributed by atoms with Crippen LogP contribution in [0.25, 0.3) is 22.3 Å². The lowest BCUT2D eigenvalue weighted by atomic mass is 9.94. The average Bonchev–Trinajstić information content (AvgIpc) is 3.61. The highest BCUT2D eigenvalue weighted by Crippen LogP contribution is 2.52. The Morgan fingerprint density at radius 2 is 0.659 bits per heavy atom. The Labute approximate surface area is 265 Å². The average molecular weight is 583 g/mol. The van der Waals surface area contributed by atoms with Crippen molar-refractivity contribution in [1.29, 1.82) is 0 Å². The van der Waals surface area contributed by atoms with Crippen molar-refractivity contribution in [1.82, 2.24) is 0 Å². The lowest BCUT2D eigenvalue weighted by Gasteiger charge is -2.47. The summed E-state index contributed by atoms with van der Waals surface area (Å²) < 4.78 is 2.56. The van der Waals surface area contributed by atoms with E-state index in [1.54, 1.807) is 22.3 Å². The van der Waals surface area contributed by atoms with Crippen LogP contribution in [0.5, 0.6) is 0 Å². The summed E-state index contributed by atoms with van der Waals surface area (Å²) in [5, 5.41) is 0. The lowest BCUT2D eigenvalue weighted by molar-refractivity contribution is -0.956. The van der Waals surface area contributed by atoms with E-state index in [-0.39, 0.29) is 0 Å². The molecule has 2 heterocycles. The first-order valence-corrected chi connectivity index (χ1v) is 17.9. The first-order valence-electron chi connectivity index (χ1n) is 17.9. The van der Waals surface area contributed by atoms with Crippen molar-refractivity contribution in [3.8, 4) is 22.3 Å². The number of likely N-dealkylation sites (tertiary alicyclic amines) is 2. The second-order valence-corrected chi connectivity index (χ2v) is 14.5. The van der Waals surface area contributed by atoms with E-state index >= 15 is 0 Å². The number of quaternary nitrogens is 2. The summed E-state index contributed by atoms with van der Waals surface area (Å²) in [7, 11) is 0. The van der Waals surface area contributed by atoms with Gasteiger partial charge in [-0.3, -0.25) is 0 Å². The van der Waals surface area contributed by atoms with Gasteiger partial charge in [-0.2, -0.15) is 0 Å². The Kier molecular flexibility index (Phi) is 7.68. The van der Waals surface area contributed by atoms with Crippen molar-refractivity contribution in [3.63, 3.8) is 0 Å². The molecule has 0 aromatic heterocycles. The standard InChI is InChI=1S/C42H50N2/c1(13-27-43(29-15-3-16-30-43)41-37-23-9-5-19-33(37)34-20-6-10-24-38(34)41)2-14-28-44(31-17-4-18-32-44)42-39-25-11-7-21-35(39)36-22-8-12-26-40(36)42/h5-12,19-26,41-42H,1-4,13-18,27-32H2/q+2. The van der Waals surface area contributed by atoms with Gasteiger partial charge in [-0.1, -0.05) is 97.1 Å². The number of hydrogen-bond donors (Lipinski definition) is 0. The third-order valence-corrected chi connectivity index (χ3v) is 12.1. The molecule has 0 atom stereocenters. The van der Waals surface area contributed by atoms with Gasteiger partial charge in [-0.15, -0.1) is 0 Å². The molecule has 0 bridgehead atoms. The maximum absolute atomic E-state index is 2.44. The van der Waals surface area contributed by atoms with Gasteiger partial charge < -0.3 is 8.97 Å². The quantitative estimate of drug-likeness (QED) is 0.136. The molecule has 4 aromatic carbocycles. The third-order valence-electron chi connectivity index (χ3n) is 12.1. The Bertz CT molecular complexity index is 1390. The fourth-order valence-electron chi connectivity index (χ4n) is 10.2. The second-order valence-electron chi connectivity index (χ2n) is 14.5. The SMILES string of the molecule is c1ccc2c(c1)-c1ccccc1C2[N+]1(CCCCCC[N+]2(C3c4ccccc4-c4ccccc43)CCCCC2)CCCCC1. The molecule has 226 valence electrons. The van der Waals surface area contributed by atoms with Crippen LogP contribution in [0.1, 0.15) is 98.5 Å². The number of benzene rings is 4. The summed E-state index contributed by atoms with van der Waals surface area (Å²) in [5.41, 5.74) is 12.3. The Balaban J connectivity index is 0.973. The van der Waals surface area contributed by atoms with E-state index in [1.807, 2.05) is 0 Å². The molecule has 0 radical (unpaired) electrons. The fraction of sp³-hybridized carbons (Fsp3) is 0.429. The molecule has 2 fully saturated rings. The molecule has 0 saturated carbocycles. The molecule has 2 aliphatic carbocycles. The van der Waals surface area contributed by atoms with Gasteiger partial charge in [0.2, 0.25) is 0 Å². The van der Waals surface area contributed by atoms with Crippen LogP contribution >= 0.6 is 0 Å². The van der Waals surface area contributed by atoms with E-state index in [2.05, 4.69) is 97.1 Å². The Hall–Kier alpha value is -3.20. The van der Waals surface area contributed by atoms with E-state index in [9.17, 15) is 0 Å². The number of fused-ring (bicyclic) bond motifs is 6. The molecule has 8 rings (SSSR count). The van der Waals surface area contributed by atoms with E-state index in [1.165, 1.54) is 135 Å². The van der Waals surface area contributed by atoms with Crippen LogP contribution in [0.2, 0.25) is 0 Å². The van der Waals surface area contributed by atoms with Crippen molar-refractivity contribution in [2.24, 2.45) is 0 Å². The Morgan fingerprint density at radius 1 is 0.364 bits per heavy atom. The fourth-order valence-corrected chi connectivity index (χ4v) is 10.2. The van der Waals surface area contributed by atoms with Gasteiger partial charge in [0.15, 0.2) is 0 Å². The summed E-state index contributed by atoms with van der Waals surface area (Å²) in [6.07, 6.45) is 13.8. The van der Waals surface area contributed by atoms with Gasteiger partial charge in [0.25, 0.3) is 0 Å². The van der Waals surface area contributed by atoms with Crippen LogP contribution in [0.4, 0.5) is 0 Å². The highest BCUT2D eigenvalue weighted by molar-refractivity contribution is 5.79. The number of hydrogen-bond acceptors (Lipinski definition) is 0. The monoisotopic (exact) mass is 582 g/mol. The van der Waals surface area contributed by atoms with Crippen LogP contribution < -0.4 is 0 Å². The zero-order chi connectivity index (χ0) is 29.4. The van der Waals surface area contributed by atoms with Crippen molar-refractivity contribution < 1.29 is 8.97 Å².